The number of rotatable bonds is 18. The molecule has 36 heavy (non-hydrogen) atoms. The first-order valence-corrected chi connectivity index (χ1v) is 11.3. The van der Waals surface area contributed by atoms with Crippen molar-refractivity contribution in [2.24, 2.45) is 32.9 Å². The number of carbonyl (C=O) groups is 5. The second-order valence-corrected chi connectivity index (χ2v) is 7.74. The Bertz CT molecular complexity index is 824. The Hall–Kier alpha value is -4.11. The highest BCUT2D eigenvalue weighted by molar-refractivity contribution is 5.94. The van der Waals surface area contributed by atoms with Crippen LogP contribution in [0, 0.1) is 0 Å². The molecule has 0 radical (unpaired) electrons. The Morgan fingerprint density at radius 3 is 1.94 bits per heavy atom. The van der Waals surface area contributed by atoms with Crippen LogP contribution >= 0.6 is 0 Å². The van der Waals surface area contributed by atoms with Crippen molar-refractivity contribution in [3.8, 4) is 0 Å². The summed E-state index contributed by atoms with van der Waals surface area (Å²) in [6.07, 6.45) is 0.586. The smallest absolute Gasteiger partial charge is 0.326 e. The van der Waals surface area contributed by atoms with Gasteiger partial charge >= 0.3 is 11.9 Å². The van der Waals surface area contributed by atoms with Crippen LogP contribution in [-0.2, 0) is 24.0 Å². The van der Waals surface area contributed by atoms with Crippen LogP contribution in [0.5, 0.6) is 0 Å². The van der Waals surface area contributed by atoms with Crippen LogP contribution in [-0.4, -0.2) is 95.0 Å². The summed E-state index contributed by atoms with van der Waals surface area (Å²) in [4.78, 5) is 68.9. The van der Waals surface area contributed by atoms with Gasteiger partial charge in [-0.2, -0.15) is 0 Å². The summed E-state index contributed by atoms with van der Waals surface area (Å²) in [7, 11) is 0. The predicted octanol–water partition coefficient (Wildman–Crippen LogP) is -3.14. The van der Waals surface area contributed by atoms with E-state index in [4.69, 9.17) is 28.0 Å². The summed E-state index contributed by atoms with van der Waals surface area (Å²) < 4.78 is 0. The van der Waals surface area contributed by atoms with Crippen molar-refractivity contribution in [3.63, 3.8) is 0 Å². The molecule has 0 unspecified atom stereocenters. The van der Waals surface area contributed by atoms with Gasteiger partial charge in [0, 0.05) is 26.1 Å². The number of carboxylic acids is 2. The summed E-state index contributed by atoms with van der Waals surface area (Å²) in [5.41, 5.74) is 20.9. The van der Waals surface area contributed by atoms with E-state index < -0.39 is 48.8 Å². The Balaban J connectivity index is 5.01. The van der Waals surface area contributed by atoms with Crippen LogP contribution in [0.15, 0.2) is 9.98 Å². The molecule has 0 aromatic carbocycles. The lowest BCUT2D eigenvalue weighted by molar-refractivity contribution is -0.144. The van der Waals surface area contributed by atoms with Crippen LogP contribution < -0.4 is 33.6 Å². The molecule has 0 aliphatic carbocycles. The van der Waals surface area contributed by atoms with Crippen molar-refractivity contribution < 1.29 is 34.2 Å². The molecule has 0 aliphatic heterocycles. The van der Waals surface area contributed by atoms with Gasteiger partial charge in [-0.15, -0.1) is 0 Å². The zero-order chi connectivity index (χ0) is 27.7. The minimum Gasteiger partial charge on any atom is -0.481 e. The summed E-state index contributed by atoms with van der Waals surface area (Å²) in [6.45, 7) is 1.94. The molecule has 3 amide bonds. The van der Waals surface area contributed by atoms with Gasteiger partial charge in [-0.1, -0.05) is 0 Å². The number of hydrogen-bond donors (Lipinski definition) is 8. The molecule has 0 spiro atoms. The number of nitrogens with one attached hydrogen (secondary N) is 2. The van der Waals surface area contributed by atoms with E-state index in [-0.39, 0.29) is 50.2 Å². The zero-order valence-electron chi connectivity index (χ0n) is 20.3. The minimum atomic E-state index is -1.55. The van der Waals surface area contributed by atoms with Gasteiger partial charge in [0.05, 0.1) is 13.0 Å². The van der Waals surface area contributed by atoms with Crippen LogP contribution in [0.3, 0.4) is 0 Å². The maximum Gasteiger partial charge on any atom is 0.326 e. The number of nitrogens with two attached hydrogens (primary N) is 4. The highest BCUT2D eigenvalue weighted by Crippen LogP contribution is 2.04. The van der Waals surface area contributed by atoms with E-state index in [2.05, 4.69) is 20.6 Å². The molecule has 0 saturated carbocycles. The SMILES string of the molecule is CCN(CC(=O)N[C@@H](CC(=O)O)C(=O)N[C@@H](CCCN=C(N)N)C(=O)O)C(=O)CCCCN=C(N)N. The third-order valence-electron chi connectivity index (χ3n) is 4.75. The van der Waals surface area contributed by atoms with Crippen LogP contribution in [0.4, 0.5) is 0 Å². The molecule has 0 aromatic heterocycles. The number of unbranched alkanes of at least 4 members (excludes halogenated alkanes) is 1. The highest BCUT2D eigenvalue weighted by atomic mass is 16.4. The number of aliphatic imine (C=N–C) groups is 2. The van der Waals surface area contributed by atoms with E-state index in [1.807, 2.05) is 0 Å². The predicted molar refractivity (Wildman–Crippen MR) is 130 cm³/mol. The van der Waals surface area contributed by atoms with E-state index in [9.17, 15) is 29.1 Å². The standard InChI is InChI=1S/C20H37N9O7/c1-2-29(15(31)7-3-4-8-25-19(21)22)11-14(30)27-13(10-16(32)33)17(34)28-12(18(35)36)6-5-9-26-20(23)24/h12-13H,2-11H2,1H3,(H,27,30)(H,28,34)(H,32,33)(H,35,36)(H4,21,22,25)(H4,23,24,26)/t12-,13-/m0/s1. The third-order valence-corrected chi connectivity index (χ3v) is 4.75. The summed E-state index contributed by atoms with van der Waals surface area (Å²) in [6, 6.07) is -2.91. The van der Waals surface area contributed by atoms with Crippen molar-refractivity contribution in [1.82, 2.24) is 15.5 Å². The fourth-order valence-corrected chi connectivity index (χ4v) is 2.96. The van der Waals surface area contributed by atoms with Crippen molar-refractivity contribution in [2.45, 2.75) is 57.5 Å². The molecule has 16 nitrogen and oxygen atoms in total. The van der Waals surface area contributed by atoms with E-state index in [0.29, 0.717) is 19.4 Å². The number of guanidine groups is 2. The number of amides is 3. The molecule has 0 heterocycles. The Morgan fingerprint density at radius 2 is 1.44 bits per heavy atom. The Kier molecular flexibility index (Phi) is 15.4. The van der Waals surface area contributed by atoms with Gasteiger partial charge in [-0.25, -0.2) is 4.79 Å². The minimum absolute atomic E-state index is 0.0348. The van der Waals surface area contributed by atoms with Crippen molar-refractivity contribution in [3.05, 3.63) is 0 Å². The molecule has 12 N–H and O–H groups in total. The maximum absolute atomic E-state index is 12.6. The molecule has 0 saturated heterocycles. The molecular weight excluding hydrogens is 478 g/mol. The molecule has 16 heteroatoms. The zero-order valence-corrected chi connectivity index (χ0v) is 20.3. The number of likely N-dealkylation sites (N-methyl/N-ethyl adjacent to an activating group) is 1. The number of hydrogen-bond acceptors (Lipinski definition) is 7. The van der Waals surface area contributed by atoms with Crippen molar-refractivity contribution in [2.75, 3.05) is 26.2 Å². The molecule has 204 valence electrons. The summed E-state index contributed by atoms with van der Waals surface area (Å²) >= 11 is 0. The number of nitrogens with zero attached hydrogens (tertiary/aromatic N) is 3. The maximum atomic E-state index is 12.6. The molecule has 0 bridgehead atoms. The topological polar surface area (TPSA) is 282 Å². The van der Waals surface area contributed by atoms with Crippen LogP contribution in [0.25, 0.3) is 0 Å². The third kappa shape index (κ3) is 14.9. The lowest BCUT2D eigenvalue weighted by Gasteiger charge is -2.23. The lowest BCUT2D eigenvalue weighted by Crippen LogP contribution is -2.54. The first-order valence-electron chi connectivity index (χ1n) is 11.3. The molecule has 0 aromatic rings. The van der Waals surface area contributed by atoms with Crippen LogP contribution in [0.1, 0.15) is 45.4 Å². The second-order valence-electron chi connectivity index (χ2n) is 7.74. The Labute approximate surface area is 208 Å². The highest BCUT2D eigenvalue weighted by Gasteiger charge is 2.29. The molecule has 0 rings (SSSR count). The van der Waals surface area contributed by atoms with Gasteiger partial charge in [-0.3, -0.25) is 29.2 Å². The molecule has 0 fully saturated rings. The first-order chi connectivity index (χ1) is 16.9. The Morgan fingerprint density at radius 1 is 0.861 bits per heavy atom. The monoisotopic (exact) mass is 515 g/mol. The van der Waals surface area contributed by atoms with E-state index >= 15 is 0 Å². The van der Waals surface area contributed by atoms with Crippen molar-refractivity contribution >= 4 is 41.6 Å². The van der Waals surface area contributed by atoms with Gasteiger partial charge < -0.3 is 48.7 Å². The largest absolute Gasteiger partial charge is 0.481 e. The quantitative estimate of drug-likeness (QED) is 0.0512. The van der Waals surface area contributed by atoms with E-state index in [1.54, 1.807) is 6.92 Å². The van der Waals surface area contributed by atoms with Crippen molar-refractivity contribution in [1.29, 1.82) is 0 Å². The normalized spacial score (nSPS) is 11.9. The van der Waals surface area contributed by atoms with Gasteiger partial charge in [0.15, 0.2) is 11.9 Å². The van der Waals surface area contributed by atoms with E-state index in [1.165, 1.54) is 4.90 Å². The lowest BCUT2D eigenvalue weighted by atomic mass is 10.1. The number of carbonyl (C=O) groups excluding carboxylic acids is 3. The van der Waals surface area contributed by atoms with Crippen LogP contribution in [0.2, 0.25) is 0 Å². The molecule has 2 atom stereocenters. The second kappa shape index (κ2) is 17.3. The number of aliphatic carboxylic acids is 2. The number of carboxylic acid groups (broad SMARTS) is 2. The fraction of sp³-hybridized carbons (Fsp3) is 0.650. The van der Waals surface area contributed by atoms with Gasteiger partial charge in [-0.05, 0) is 32.6 Å². The average Bonchev–Trinajstić information content (AvgIpc) is 2.77. The average molecular weight is 516 g/mol. The fourth-order valence-electron chi connectivity index (χ4n) is 2.96. The van der Waals surface area contributed by atoms with Gasteiger partial charge in [0.1, 0.15) is 12.1 Å². The van der Waals surface area contributed by atoms with Gasteiger partial charge in [0.25, 0.3) is 0 Å². The summed E-state index contributed by atoms with van der Waals surface area (Å²) in [5.74, 6) is -5.03. The molecule has 0 aliphatic rings. The van der Waals surface area contributed by atoms with E-state index in [0.717, 1.165) is 0 Å². The van der Waals surface area contributed by atoms with Gasteiger partial charge in [0.2, 0.25) is 17.7 Å². The molecular formula is C20H37N9O7. The summed E-state index contributed by atoms with van der Waals surface area (Å²) in [5, 5.41) is 23.0. The first kappa shape index (κ1) is 31.9.